The second-order valence-electron chi connectivity index (χ2n) is 2.06. The smallest absolute Gasteiger partial charge is 0.0489 e. The Balaban J connectivity index is 3.24. The summed E-state index contributed by atoms with van der Waals surface area (Å²) in [4.78, 5) is 1.17. The van der Waals surface area contributed by atoms with Gasteiger partial charge in [-0.3, -0.25) is 0 Å². The number of hydrogen-bond acceptors (Lipinski definition) is 1. The minimum absolute atomic E-state index is 0.770. The van der Waals surface area contributed by atoms with Crippen LogP contribution in [0.25, 0.3) is 6.08 Å². The number of hydrogen-bond donors (Lipinski definition) is 0. The lowest BCUT2D eigenvalue weighted by molar-refractivity contribution is 1.43. The maximum Gasteiger partial charge on any atom is 0.0489 e. The molecule has 0 aromatic heterocycles. The molecular formula is C9H9ClS. The van der Waals surface area contributed by atoms with Gasteiger partial charge in [-0.15, -0.1) is 11.8 Å². The molecule has 0 bridgehead atoms. The number of halogens is 1. The van der Waals surface area contributed by atoms with Crippen molar-refractivity contribution in [1.82, 2.24) is 0 Å². The van der Waals surface area contributed by atoms with Gasteiger partial charge in [0, 0.05) is 15.5 Å². The maximum absolute atomic E-state index is 5.92. The summed E-state index contributed by atoms with van der Waals surface area (Å²) >= 11 is 7.60. The number of benzene rings is 1. The molecule has 0 unspecified atom stereocenters. The van der Waals surface area contributed by atoms with E-state index < -0.39 is 0 Å². The van der Waals surface area contributed by atoms with Crippen LogP contribution < -0.4 is 0 Å². The molecule has 0 radical (unpaired) electrons. The summed E-state index contributed by atoms with van der Waals surface area (Å²) in [6.45, 7) is 3.70. The minimum atomic E-state index is 0.770. The predicted octanol–water partition coefficient (Wildman–Crippen LogP) is 3.70. The van der Waals surface area contributed by atoms with Gasteiger partial charge >= 0.3 is 0 Å². The highest BCUT2D eigenvalue weighted by Gasteiger charge is 2.00. The Bertz CT molecular complexity index is 268. The molecule has 0 aliphatic heterocycles. The van der Waals surface area contributed by atoms with Gasteiger partial charge in [-0.1, -0.05) is 30.3 Å². The summed E-state index contributed by atoms with van der Waals surface area (Å²) < 4.78 is 0. The van der Waals surface area contributed by atoms with Gasteiger partial charge in [-0.25, -0.2) is 0 Å². The van der Waals surface area contributed by atoms with E-state index >= 15 is 0 Å². The lowest BCUT2D eigenvalue weighted by Gasteiger charge is -2.03. The fourth-order valence-corrected chi connectivity index (χ4v) is 1.83. The van der Waals surface area contributed by atoms with Gasteiger partial charge in [0.15, 0.2) is 0 Å². The van der Waals surface area contributed by atoms with Gasteiger partial charge < -0.3 is 0 Å². The second kappa shape index (κ2) is 3.84. The summed E-state index contributed by atoms with van der Waals surface area (Å²) in [5.74, 6) is 0. The Morgan fingerprint density at radius 1 is 1.55 bits per heavy atom. The van der Waals surface area contributed by atoms with Crippen LogP contribution >= 0.6 is 23.4 Å². The van der Waals surface area contributed by atoms with Crippen LogP contribution in [-0.4, -0.2) is 6.26 Å². The molecule has 2 heteroatoms. The standard InChI is InChI=1S/C9H9ClS/c1-3-7-8(10)5-4-6-9(7)11-2/h3-6H,1H2,2H3. The van der Waals surface area contributed by atoms with E-state index in [2.05, 4.69) is 6.58 Å². The van der Waals surface area contributed by atoms with E-state index in [1.807, 2.05) is 24.5 Å². The van der Waals surface area contributed by atoms with E-state index in [9.17, 15) is 0 Å². The first-order chi connectivity index (χ1) is 5.29. The van der Waals surface area contributed by atoms with Crippen molar-refractivity contribution >= 4 is 29.4 Å². The first-order valence-electron chi connectivity index (χ1n) is 3.24. The molecular weight excluding hydrogens is 176 g/mol. The fourth-order valence-electron chi connectivity index (χ4n) is 0.893. The molecule has 0 atom stereocenters. The average Bonchev–Trinajstić information content (AvgIpc) is 2.04. The zero-order valence-corrected chi connectivity index (χ0v) is 7.88. The Morgan fingerprint density at radius 2 is 2.27 bits per heavy atom. The molecule has 0 spiro atoms. The molecule has 11 heavy (non-hydrogen) atoms. The quantitative estimate of drug-likeness (QED) is 0.632. The lowest BCUT2D eigenvalue weighted by atomic mass is 10.2. The zero-order valence-electron chi connectivity index (χ0n) is 6.30. The van der Waals surface area contributed by atoms with Crippen LogP contribution in [-0.2, 0) is 0 Å². The third-order valence-corrected chi connectivity index (χ3v) is 2.56. The SMILES string of the molecule is C=Cc1c(Cl)cccc1SC. The molecule has 0 amide bonds. The van der Waals surface area contributed by atoms with Gasteiger partial charge in [-0.2, -0.15) is 0 Å². The Morgan fingerprint density at radius 3 is 2.73 bits per heavy atom. The molecule has 0 saturated carbocycles. The molecule has 1 rings (SSSR count). The number of thioether (sulfide) groups is 1. The van der Waals surface area contributed by atoms with Crippen LogP contribution in [0.2, 0.25) is 5.02 Å². The topological polar surface area (TPSA) is 0 Å². The first kappa shape index (κ1) is 8.69. The monoisotopic (exact) mass is 184 g/mol. The van der Waals surface area contributed by atoms with Crippen molar-refractivity contribution in [3.05, 3.63) is 35.4 Å². The molecule has 0 fully saturated rings. The summed E-state index contributed by atoms with van der Waals surface area (Å²) in [6.07, 6.45) is 3.81. The summed E-state index contributed by atoms with van der Waals surface area (Å²) in [7, 11) is 0. The first-order valence-corrected chi connectivity index (χ1v) is 4.85. The molecule has 0 aliphatic rings. The van der Waals surface area contributed by atoms with Crippen molar-refractivity contribution in [3.63, 3.8) is 0 Å². The number of rotatable bonds is 2. The minimum Gasteiger partial charge on any atom is -0.129 e. The van der Waals surface area contributed by atoms with Crippen LogP contribution in [0, 0.1) is 0 Å². The van der Waals surface area contributed by atoms with Crippen molar-refractivity contribution in [2.75, 3.05) is 6.26 Å². The van der Waals surface area contributed by atoms with Crippen LogP contribution in [0.4, 0.5) is 0 Å². The van der Waals surface area contributed by atoms with E-state index in [0.29, 0.717) is 0 Å². The third-order valence-electron chi connectivity index (χ3n) is 1.44. The Labute approximate surface area is 76.3 Å². The lowest BCUT2D eigenvalue weighted by Crippen LogP contribution is -1.78. The normalized spacial score (nSPS) is 9.64. The molecule has 0 N–H and O–H groups in total. The van der Waals surface area contributed by atoms with E-state index in [0.717, 1.165) is 10.6 Å². The summed E-state index contributed by atoms with van der Waals surface area (Å²) in [5.41, 5.74) is 1.03. The third kappa shape index (κ3) is 1.79. The van der Waals surface area contributed by atoms with Gasteiger partial charge in [0.25, 0.3) is 0 Å². The molecule has 58 valence electrons. The van der Waals surface area contributed by atoms with Crippen molar-refractivity contribution < 1.29 is 0 Å². The van der Waals surface area contributed by atoms with Crippen molar-refractivity contribution in [3.8, 4) is 0 Å². The van der Waals surface area contributed by atoms with E-state index in [1.54, 1.807) is 17.8 Å². The highest BCUT2D eigenvalue weighted by Crippen LogP contribution is 2.27. The van der Waals surface area contributed by atoms with Crippen molar-refractivity contribution in [2.24, 2.45) is 0 Å². The molecule has 0 heterocycles. The predicted molar refractivity (Wildman–Crippen MR) is 53.3 cm³/mol. The largest absolute Gasteiger partial charge is 0.129 e. The average molecular weight is 185 g/mol. The highest BCUT2D eigenvalue weighted by molar-refractivity contribution is 7.98. The summed E-state index contributed by atoms with van der Waals surface area (Å²) in [6, 6.07) is 5.85. The summed E-state index contributed by atoms with van der Waals surface area (Å²) in [5, 5.41) is 0.770. The van der Waals surface area contributed by atoms with Crippen LogP contribution in [0.1, 0.15) is 5.56 Å². The Kier molecular flexibility index (Phi) is 3.03. The van der Waals surface area contributed by atoms with Crippen LogP contribution in [0.3, 0.4) is 0 Å². The zero-order chi connectivity index (χ0) is 8.27. The van der Waals surface area contributed by atoms with E-state index in [4.69, 9.17) is 11.6 Å². The Hall–Kier alpha value is -0.400. The van der Waals surface area contributed by atoms with Gasteiger partial charge in [-0.05, 0) is 18.4 Å². The molecule has 1 aromatic rings. The van der Waals surface area contributed by atoms with Gasteiger partial charge in [0.1, 0.15) is 0 Å². The van der Waals surface area contributed by atoms with E-state index in [-0.39, 0.29) is 0 Å². The van der Waals surface area contributed by atoms with E-state index in [1.165, 1.54) is 4.90 Å². The van der Waals surface area contributed by atoms with Crippen LogP contribution in [0.5, 0.6) is 0 Å². The fraction of sp³-hybridized carbons (Fsp3) is 0.111. The second-order valence-corrected chi connectivity index (χ2v) is 3.32. The maximum atomic E-state index is 5.92. The molecule has 0 nitrogen and oxygen atoms in total. The van der Waals surface area contributed by atoms with Gasteiger partial charge in [0.2, 0.25) is 0 Å². The van der Waals surface area contributed by atoms with Crippen molar-refractivity contribution in [1.29, 1.82) is 0 Å². The van der Waals surface area contributed by atoms with Crippen molar-refractivity contribution in [2.45, 2.75) is 4.90 Å². The molecule has 0 aliphatic carbocycles. The van der Waals surface area contributed by atoms with Gasteiger partial charge in [0.05, 0.1) is 0 Å². The molecule has 1 aromatic carbocycles. The van der Waals surface area contributed by atoms with Crippen LogP contribution in [0.15, 0.2) is 29.7 Å². The highest BCUT2D eigenvalue weighted by atomic mass is 35.5. The molecule has 0 saturated heterocycles.